The molecule has 0 fully saturated rings. The van der Waals surface area contributed by atoms with Crippen LogP contribution in [0.1, 0.15) is 37.0 Å². The first-order chi connectivity index (χ1) is 8.86. The van der Waals surface area contributed by atoms with Gasteiger partial charge < -0.3 is 10.6 Å². The normalized spacial score (nSPS) is 14.0. The molecule has 0 saturated carbocycles. The van der Waals surface area contributed by atoms with Crippen LogP contribution in [-0.4, -0.2) is 23.9 Å². The number of carbonyl (C=O) groups is 1. The third-order valence-electron chi connectivity index (χ3n) is 3.82. The highest BCUT2D eigenvalue weighted by Crippen LogP contribution is 2.14. The number of aryl methyl sites for hydroxylation is 2. The van der Waals surface area contributed by atoms with Gasteiger partial charge in [-0.2, -0.15) is 0 Å². The van der Waals surface area contributed by atoms with Crippen molar-refractivity contribution in [3.8, 4) is 0 Å². The van der Waals surface area contributed by atoms with E-state index in [1.165, 1.54) is 16.7 Å². The number of amides is 1. The van der Waals surface area contributed by atoms with Crippen LogP contribution in [0, 0.1) is 19.8 Å². The minimum Gasteiger partial charge on any atom is -0.340 e. The molecule has 0 aliphatic carbocycles. The molecule has 1 aromatic carbocycles. The van der Waals surface area contributed by atoms with E-state index in [1.807, 2.05) is 14.0 Å². The average molecular weight is 262 g/mol. The Morgan fingerprint density at radius 3 is 2.53 bits per heavy atom. The van der Waals surface area contributed by atoms with Crippen molar-refractivity contribution in [3.63, 3.8) is 0 Å². The van der Waals surface area contributed by atoms with E-state index in [1.54, 1.807) is 4.90 Å². The second kappa shape index (κ2) is 6.71. The molecule has 0 heterocycles. The van der Waals surface area contributed by atoms with Crippen molar-refractivity contribution in [2.45, 2.75) is 46.7 Å². The van der Waals surface area contributed by atoms with Gasteiger partial charge in [0.25, 0.3) is 0 Å². The van der Waals surface area contributed by atoms with Gasteiger partial charge in [-0.1, -0.05) is 44.0 Å². The van der Waals surface area contributed by atoms with Crippen LogP contribution < -0.4 is 5.73 Å². The minimum atomic E-state index is -0.402. The molecule has 2 atom stereocenters. The Morgan fingerprint density at radius 2 is 2.00 bits per heavy atom. The van der Waals surface area contributed by atoms with Crippen LogP contribution in [0.4, 0.5) is 0 Å². The van der Waals surface area contributed by atoms with Crippen LogP contribution in [0.2, 0.25) is 0 Å². The summed E-state index contributed by atoms with van der Waals surface area (Å²) in [6, 6.07) is 5.90. The summed E-state index contributed by atoms with van der Waals surface area (Å²) in [4.78, 5) is 14.0. The summed E-state index contributed by atoms with van der Waals surface area (Å²) in [6.07, 6.45) is 0.921. The lowest BCUT2D eigenvalue weighted by molar-refractivity contribution is -0.132. The first kappa shape index (κ1) is 15.7. The summed E-state index contributed by atoms with van der Waals surface area (Å²) in [5.74, 6) is 0.239. The number of nitrogens with two attached hydrogens (primary N) is 1. The topological polar surface area (TPSA) is 46.3 Å². The van der Waals surface area contributed by atoms with Gasteiger partial charge in [0, 0.05) is 13.6 Å². The van der Waals surface area contributed by atoms with Gasteiger partial charge in [0.05, 0.1) is 6.04 Å². The van der Waals surface area contributed by atoms with Crippen molar-refractivity contribution in [1.29, 1.82) is 0 Å². The molecule has 1 rings (SSSR count). The van der Waals surface area contributed by atoms with Gasteiger partial charge in [0.2, 0.25) is 5.91 Å². The van der Waals surface area contributed by atoms with E-state index in [2.05, 4.69) is 39.0 Å². The Labute approximate surface area is 116 Å². The first-order valence-corrected chi connectivity index (χ1v) is 6.93. The third-order valence-corrected chi connectivity index (χ3v) is 3.82. The number of hydrogen-bond acceptors (Lipinski definition) is 2. The molecule has 0 aliphatic rings. The zero-order valence-corrected chi connectivity index (χ0v) is 12.7. The monoisotopic (exact) mass is 262 g/mol. The van der Waals surface area contributed by atoms with E-state index < -0.39 is 6.04 Å². The molecule has 0 aromatic heterocycles. The molecule has 2 N–H and O–H groups in total. The van der Waals surface area contributed by atoms with Gasteiger partial charge in [-0.25, -0.2) is 0 Å². The predicted octanol–water partition coefficient (Wildman–Crippen LogP) is 2.64. The first-order valence-electron chi connectivity index (χ1n) is 6.93. The van der Waals surface area contributed by atoms with Crippen molar-refractivity contribution in [1.82, 2.24) is 4.90 Å². The molecule has 106 valence electrons. The van der Waals surface area contributed by atoms with Gasteiger partial charge >= 0.3 is 0 Å². The molecule has 1 amide bonds. The Bertz CT molecular complexity index is 442. The van der Waals surface area contributed by atoms with Crippen LogP contribution in [0.5, 0.6) is 0 Å². The summed E-state index contributed by atoms with van der Waals surface area (Å²) >= 11 is 0. The van der Waals surface area contributed by atoms with E-state index >= 15 is 0 Å². The van der Waals surface area contributed by atoms with Crippen molar-refractivity contribution < 1.29 is 4.79 Å². The predicted molar refractivity (Wildman–Crippen MR) is 79.8 cm³/mol. The molecule has 0 spiro atoms. The highest BCUT2D eigenvalue weighted by molar-refractivity contribution is 5.81. The molecular formula is C16H26N2O. The SMILES string of the molecule is CCC(C)C(N)C(=O)N(C)Cc1ccc(C)cc1C. The van der Waals surface area contributed by atoms with Crippen molar-refractivity contribution >= 4 is 5.91 Å². The fourth-order valence-corrected chi connectivity index (χ4v) is 2.11. The number of likely N-dealkylation sites (N-methyl/N-ethyl adjacent to an activating group) is 1. The van der Waals surface area contributed by atoms with Crippen LogP contribution in [-0.2, 0) is 11.3 Å². The van der Waals surface area contributed by atoms with Gasteiger partial charge in [-0.05, 0) is 30.9 Å². The number of hydrogen-bond donors (Lipinski definition) is 1. The number of rotatable bonds is 5. The summed E-state index contributed by atoms with van der Waals surface area (Å²) in [6.45, 7) is 8.85. The Balaban J connectivity index is 2.73. The minimum absolute atomic E-state index is 0.0225. The van der Waals surface area contributed by atoms with E-state index in [0.717, 1.165) is 6.42 Å². The second-order valence-corrected chi connectivity index (χ2v) is 5.54. The molecular weight excluding hydrogens is 236 g/mol. The van der Waals surface area contributed by atoms with Gasteiger partial charge in [-0.3, -0.25) is 4.79 Å². The van der Waals surface area contributed by atoms with Gasteiger partial charge in [0.1, 0.15) is 0 Å². The Kier molecular flexibility index (Phi) is 5.55. The van der Waals surface area contributed by atoms with Crippen LogP contribution in [0.3, 0.4) is 0 Å². The van der Waals surface area contributed by atoms with Crippen LogP contribution >= 0.6 is 0 Å². The molecule has 0 saturated heterocycles. The number of nitrogens with zero attached hydrogens (tertiary/aromatic N) is 1. The third kappa shape index (κ3) is 4.06. The summed E-state index contributed by atoms with van der Waals surface area (Å²) in [5, 5.41) is 0. The molecule has 3 heteroatoms. The molecule has 2 unspecified atom stereocenters. The zero-order chi connectivity index (χ0) is 14.6. The highest BCUT2D eigenvalue weighted by Gasteiger charge is 2.22. The maximum Gasteiger partial charge on any atom is 0.239 e. The second-order valence-electron chi connectivity index (χ2n) is 5.54. The molecule has 1 aromatic rings. The molecule has 0 radical (unpaired) electrons. The Hall–Kier alpha value is -1.35. The highest BCUT2D eigenvalue weighted by atomic mass is 16.2. The number of benzene rings is 1. The van der Waals surface area contributed by atoms with E-state index in [4.69, 9.17) is 5.73 Å². The summed E-state index contributed by atoms with van der Waals surface area (Å²) in [5.41, 5.74) is 9.64. The lowest BCUT2D eigenvalue weighted by atomic mass is 9.98. The molecule has 0 aliphatic heterocycles. The zero-order valence-electron chi connectivity index (χ0n) is 12.7. The largest absolute Gasteiger partial charge is 0.340 e. The summed E-state index contributed by atoms with van der Waals surface area (Å²) < 4.78 is 0. The summed E-state index contributed by atoms with van der Waals surface area (Å²) in [7, 11) is 1.82. The Morgan fingerprint density at radius 1 is 1.37 bits per heavy atom. The standard InChI is InChI=1S/C16H26N2O/c1-6-12(3)15(17)16(19)18(5)10-14-8-7-11(2)9-13(14)4/h7-9,12,15H,6,10,17H2,1-5H3. The lowest BCUT2D eigenvalue weighted by Gasteiger charge is -2.25. The van der Waals surface area contributed by atoms with E-state index in [-0.39, 0.29) is 11.8 Å². The lowest BCUT2D eigenvalue weighted by Crippen LogP contribution is -2.45. The van der Waals surface area contributed by atoms with E-state index in [9.17, 15) is 4.79 Å². The molecule has 3 nitrogen and oxygen atoms in total. The van der Waals surface area contributed by atoms with Crippen molar-refractivity contribution in [2.24, 2.45) is 11.7 Å². The average Bonchev–Trinajstić information content (AvgIpc) is 2.39. The smallest absolute Gasteiger partial charge is 0.239 e. The number of carbonyl (C=O) groups excluding carboxylic acids is 1. The maximum atomic E-state index is 12.2. The van der Waals surface area contributed by atoms with Crippen molar-refractivity contribution in [2.75, 3.05) is 7.05 Å². The molecule has 0 bridgehead atoms. The molecule has 19 heavy (non-hydrogen) atoms. The maximum absolute atomic E-state index is 12.2. The fourth-order valence-electron chi connectivity index (χ4n) is 2.11. The quantitative estimate of drug-likeness (QED) is 0.886. The van der Waals surface area contributed by atoms with Crippen molar-refractivity contribution in [3.05, 3.63) is 34.9 Å². The van der Waals surface area contributed by atoms with Crippen LogP contribution in [0.15, 0.2) is 18.2 Å². The van der Waals surface area contributed by atoms with Crippen LogP contribution in [0.25, 0.3) is 0 Å². The van der Waals surface area contributed by atoms with Gasteiger partial charge in [-0.15, -0.1) is 0 Å². The fraction of sp³-hybridized carbons (Fsp3) is 0.562. The van der Waals surface area contributed by atoms with Gasteiger partial charge in [0.15, 0.2) is 0 Å². The van der Waals surface area contributed by atoms with E-state index in [0.29, 0.717) is 6.54 Å².